The van der Waals surface area contributed by atoms with Gasteiger partial charge in [-0.05, 0) is 18.2 Å². The molecule has 2 N–H and O–H groups in total. The number of halogens is 1. The standard InChI is InChI=1S/C11H12BrN3O/c1-16-11-3-2-9(12)4-8(11)5-13-10-6-14-15-7-10/h2-4,6-7,13H,5H2,1H3,(H,14,15). The third-order valence-electron chi connectivity index (χ3n) is 2.22. The number of ether oxygens (including phenoxy) is 1. The van der Waals surface area contributed by atoms with Crippen LogP contribution in [0, 0.1) is 0 Å². The van der Waals surface area contributed by atoms with E-state index in [2.05, 4.69) is 31.4 Å². The molecule has 0 spiro atoms. The number of hydrogen-bond acceptors (Lipinski definition) is 3. The van der Waals surface area contributed by atoms with E-state index in [-0.39, 0.29) is 0 Å². The summed E-state index contributed by atoms with van der Waals surface area (Å²) in [6, 6.07) is 5.93. The lowest BCUT2D eigenvalue weighted by molar-refractivity contribution is 0.410. The lowest BCUT2D eigenvalue weighted by Gasteiger charge is -2.09. The summed E-state index contributed by atoms with van der Waals surface area (Å²) < 4.78 is 6.33. The van der Waals surface area contributed by atoms with E-state index in [1.54, 1.807) is 13.3 Å². The molecule has 16 heavy (non-hydrogen) atoms. The van der Waals surface area contributed by atoms with Crippen LogP contribution in [-0.2, 0) is 6.54 Å². The summed E-state index contributed by atoms with van der Waals surface area (Å²) in [5.41, 5.74) is 2.06. The average molecular weight is 282 g/mol. The maximum Gasteiger partial charge on any atom is 0.123 e. The molecule has 84 valence electrons. The van der Waals surface area contributed by atoms with Crippen LogP contribution in [0.5, 0.6) is 5.75 Å². The van der Waals surface area contributed by atoms with Gasteiger partial charge >= 0.3 is 0 Å². The van der Waals surface area contributed by atoms with Crippen molar-refractivity contribution in [1.29, 1.82) is 0 Å². The zero-order chi connectivity index (χ0) is 11.4. The minimum Gasteiger partial charge on any atom is -0.496 e. The molecule has 5 heteroatoms. The van der Waals surface area contributed by atoms with Gasteiger partial charge in [0.2, 0.25) is 0 Å². The van der Waals surface area contributed by atoms with Crippen LogP contribution in [0.4, 0.5) is 5.69 Å². The Morgan fingerprint density at radius 1 is 1.50 bits per heavy atom. The molecule has 1 aromatic heterocycles. The largest absolute Gasteiger partial charge is 0.496 e. The van der Waals surface area contributed by atoms with Gasteiger partial charge in [0.1, 0.15) is 5.75 Å². The lowest BCUT2D eigenvalue weighted by atomic mass is 10.2. The molecule has 1 aromatic carbocycles. The van der Waals surface area contributed by atoms with E-state index in [0.717, 1.165) is 21.5 Å². The van der Waals surface area contributed by atoms with E-state index >= 15 is 0 Å². The minimum absolute atomic E-state index is 0.697. The Labute approximate surface area is 102 Å². The summed E-state index contributed by atoms with van der Waals surface area (Å²) in [5.74, 6) is 0.874. The quantitative estimate of drug-likeness (QED) is 0.906. The molecule has 0 aliphatic heterocycles. The third kappa shape index (κ3) is 2.55. The first-order valence-corrected chi connectivity index (χ1v) is 5.64. The van der Waals surface area contributed by atoms with Gasteiger partial charge in [-0.15, -0.1) is 0 Å². The van der Waals surface area contributed by atoms with Crippen LogP contribution in [0.1, 0.15) is 5.56 Å². The first-order chi connectivity index (χ1) is 7.79. The molecule has 0 aliphatic rings. The molecule has 0 aliphatic carbocycles. The minimum atomic E-state index is 0.697. The number of anilines is 1. The molecule has 0 saturated heterocycles. The van der Waals surface area contributed by atoms with Crippen molar-refractivity contribution in [3.05, 3.63) is 40.6 Å². The van der Waals surface area contributed by atoms with E-state index < -0.39 is 0 Å². The molecule has 1 heterocycles. The fourth-order valence-corrected chi connectivity index (χ4v) is 1.84. The molecule has 0 bridgehead atoms. The van der Waals surface area contributed by atoms with Crippen LogP contribution in [-0.4, -0.2) is 17.3 Å². The van der Waals surface area contributed by atoms with E-state index in [0.29, 0.717) is 6.54 Å². The Balaban J connectivity index is 2.11. The molecule has 2 rings (SSSR count). The Hall–Kier alpha value is -1.49. The predicted octanol–water partition coefficient (Wildman–Crippen LogP) is 2.79. The molecular weight excluding hydrogens is 270 g/mol. The number of rotatable bonds is 4. The van der Waals surface area contributed by atoms with Crippen molar-refractivity contribution in [1.82, 2.24) is 10.2 Å². The van der Waals surface area contributed by atoms with Crippen molar-refractivity contribution < 1.29 is 4.74 Å². The number of nitrogens with one attached hydrogen (secondary N) is 2. The molecule has 0 fully saturated rings. The van der Waals surface area contributed by atoms with Crippen LogP contribution in [0.2, 0.25) is 0 Å². The zero-order valence-electron chi connectivity index (χ0n) is 8.83. The summed E-state index contributed by atoms with van der Waals surface area (Å²) in [6.45, 7) is 0.697. The van der Waals surface area contributed by atoms with Gasteiger partial charge in [0.15, 0.2) is 0 Å². The predicted molar refractivity (Wildman–Crippen MR) is 66.6 cm³/mol. The normalized spacial score (nSPS) is 10.1. The van der Waals surface area contributed by atoms with E-state index in [1.807, 2.05) is 24.4 Å². The topological polar surface area (TPSA) is 49.9 Å². The van der Waals surface area contributed by atoms with Crippen molar-refractivity contribution >= 4 is 21.6 Å². The molecule has 4 nitrogen and oxygen atoms in total. The summed E-state index contributed by atoms with van der Waals surface area (Å²) in [7, 11) is 1.67. The second kappa shape index (κ2) is 5.03. The van der Waals surface area contributed by atoms with Crippen LogP contribution in [0.3, 0.4) is 0 Å². The smallest absolute Gasteiger partial charge is 0.123 e. The first-order valence-electron chi connectivity index (χ1n) is 4.84. The molecule has 0 amide bonds. The molecule has 0 atom stereocenters. The maximum absolute atomic E-state index is 5.29. The van der Waals surface area contributed by atoms with Crippen molar-refractivity contribution in [2.24, 2.45) is 0 Å². The molecule has 0 radical (unpaired) electrons. The molecule has 0 saturated carbocycles. The zero-order valence-corrected chi connectivity index (χ0v) is 10.4. The summed E-state index contributed by atoms with van der Waals surface area (Å²) in [4.78, 5) is 0. The highest BCUT2D eigenvalue weighted by Gasteiger charge is 2.03. The number of H-pyrrole nitrogens is 1. The van der Waals surface area contributed by atoms with Crippen LogP contribution in [0.15, 0.2) is 35.1 Å². The van der Waals surface area contributed by atoms with Gasteiger partial charge in [-0.25, -0.2) is 0 Å². The van der Waals surface area contributed by atoms with E-state index in [1.165, 1.54) is 0 Å². The maximum atomic E-state index is 5.29. The fraction of sp³-hybridized carbons (Fsp3) is 0.182. The highest BCUT2D eigenvalue weighted by molar-refractivity contribution is 9.10. The van der Waals surface area contributed by atoms with Gasteiger partial charge in [0.05, 0.1) is 19.0 Å². The van der Waals surface area contributed by atoms with Crippen LogP contribution in [0.25, 0.3) is 0 Å². The molecule has 0 unspecified atom stereocenters. The van der Waals surface area contributed by atoms with Gasteiger partial charge in [0, 0.05) is 22.8 Å². The number of aromatic nitrogens is 2. The van der Waals surface area contributed by atoms with Crippen LogP contribution >= 0.6 is 15.9 Å². The number of methoxy groups -OCH3 is 1. The van der Waals surface area contributed by atoms with Crippen LogP contribution < -0.4 is 10.1 Å². The van der Waals surface area contributed by atoms with Gasteiger partial charge in [-0.2, -0.15) is 5.10 Å². The highest BCUT2D eigenvalue weighted by Crippen LogP contribution is 2.23. The summed E-state index contributed by atoms with van der Waals surface area (Å²) in [6.07, 6.45) is 3.55. The van der Waals surface area contributed by atoms with E-state index in [4.69, 9.17) is 4.74 Å². The van der Waals surface area contributed by atoms with Gasteiger partial charge in [-0.3, -0.25) is 5.10 Å². The Bertz CT molecular complexity index is 456. The van der Waals surface area contributed by atoms with Crippen molar-refractivity contribution in [3.63, 3.8) is 0 Å². The van der Waals surface area contributed by atoms with Gasteiger partial charge in [0.25, 0.3) is 0 Å². The second-order valence-corrected chi connectivity index (χ2v) is 4.21. The van der Waals surface area contributed by atoms with Gasteiger partial charge < -0.3 is 10.1 Å². The summed E-state index contributed by atoms with van der Waals surface area (Å²) >= 11 is 3.44. The fourth-order valence-electron chi connectivity index (χ4n) is 1.43. The Morgan fingerprint density at radius 3 is 3.06 bits per heavy atom. The van der Waals surface area contributed by atoms with Crippen molar-refractivity contribution in [2.45, 2.75) is 6.54 Å². The van der Waals surface area contributed by atoms with Crippen molar-refractivity contribution in [2.75, 3.05) is 12.4 Å². The monoisotopic (exact) mass is 281 g/mol. The number of aromatic amines is 1. The number of hydrogen-bond donors (Lipinski definition) is 2. The SMILES string of the molecule is COc1ccc(Br)cc1CNc1cn[nH]c1. The molecular formula is C11H12BrN3O. The second-order valence-electron chi connectivity index (χ2n) is 3.30. The first kappa shape index (κ1) is 11.0. The molecule has 2 aromatic rings. The highest BCUT2D eigenvalue weighted by atomic mass is 79.9. The van der Waals surface area contributed by atoms with E-state index in [9.17, 15) is 0 Å². The Morgan fingerprint density at radius 2 is 2.38 bits per heavy atom. The number of benzene rings is 1. The Kier molecular flexibility index (Phi) is 3.46. The van der Waals surface area contributed by atoms with Crippen molar-refractivity contribution in [3.8, 4) is 5.75 Å². The lowest BCUT2D eigenvalue weighted by Crippen LogP contribution is -2.00. The third-order valence-corrected chi connectivity index (χ3v) is 2.72. The summed E-state index contributed by atoms with van der Waals surface area (Å²) in [5, 5.41) is 9.87. The van der Waals surface area contributed by atoms with Gasteiger partial charge in [-0.1, -0.05) is 15.9 Å². The number of nitrogens with zero attached hydrogens (tertiary/aromatic N) is 1. The average Bonchev–Trinajstić information content (AvgIpc) is 2.79.